The monoisotopic (exact) mass is 430 g/mol. The van der Waals surface area contributed by atoms with Gasteiger partial charge >= 0.3 is 6.18 Å². The number of oxazole rings is 1. The van der Waals surface area contributed by atoms with E-state index in [9.17, 15) is 18.0 Å². The van der Waals surface area contributed by atoms with Crippen molar-refractivity contribution in [1.82, 2.24) is 9.97 Å². The summed E-state index contributed by atoms with van der Waals surface area (Å²) in [7, 11) is 1.76. The van der Waals surface area contributed by atoms with Crippen molar-refractivity contribution in [2.45, 2.75) is 38.3 Å². The van der Waals surface area contributed by atoms with Crippen LogP contribution in [0.5, 0.6) is 0 Å². The number of nitrogens with one attached hydrogen (secondary N) is 2. The minimum Gasteiger partial charge on any atom is -0.441 e. The molecule has 2 aliphatic rings. The zero-order chi connectivity index (χ0) is 21.8. The maximum Gasteiger partial charge on any atom is 0.392 e. The molecular weight excluding hydrogens is 409 g/mol. The van der Waals surface area contributed by atoms with Crippen LogP contribution >= 0.6 is 0 Å². The fourth-order valence-corrected chi connectivity index (χ4v) is 4.05. The number of hydrogen-bond donors (Lipinski definition) is 2. The molecule has 9 heteroatoms. The highest BCUT2D eigenvalue weighted by Crippen LogP contribution is 2.40. The van der Waals surface area contributed by atoms with Crippen molar-refractivity contribution in [2.75, 3.05) is 17.7 Å². The lowest BCUT2D eigenvalue weighted by Crippen LogP contribution is -2.28. The number of aryl methyl sites for hydroxylation is 1. The van der Waals surface area contributed by atoms with Crippen LogP contribution in [0, 0.1) is 11.8 Å². The smallest absolute Gasteiger partial charge is 0.392 e. The van der Waals surface area contributed by atoms with Crippen LogP contribution in [-0.2, 0) is 17.6 Å². The van der Waals surface area contributed by atoms with Gasteiger partial charge in [-0.2, -0.15) is 13.2 Å². The minimum absolute atomic E-state index is 0.000169. The Morgan fingerprint density at radius 1 is 1.19 bits per heavy atom. The average molecular weight is 430 g/mol. The van der Waals surface area contributed by atoms with Gasteiger partial charge in [0, 0.05) is 48.5 Å². The lowest BCUT2D eigenvalue weighted by atomic mass is 9.90. The first kappa shape index (κ1) is 19.8. The molecule has 3 aromatic rings. The number of anilines is 2. The molecular formula is C22H21F3N4O2. The third-order valence-electron chi connectivity index (χ3n) is 5.97. The maximum atomic E-state index is 13.2. The van der Waals surface area contributed by atoms with Crippen molar-refractivity contribution >= 4 is 28.2 Å². The van der Waals surface area contributed by atoms with E-state index in [0.29, 0.717) is 28.5 Å². The Morgan fingerprint density at radius 2 is 2.00 bits per heavy atom. The van der Waals surface area contributed by atoms with Crippen LogP contribution in [0.4, 0.5) is 24.7 Å². The molecule has 2 aliphatic carbocycles. The summed E-state index contributed by atoms with van der Waals surface area (Å²) in [5.74, 6) is 0.0586. The van der Waals surface area contributed by atoms with Gasteiger partial charge in [0.1, 0.15) is 11.6 Å². The summed E-state index contributed by atoms with van der Waals surface area (Å²) in [6.45, 7) is 0. The largest absolute Gasteiger partial charge is 0.441 e. The number of alkyl halides is 3. The molecule has 1 unspecified atom stereocenters. The number of halogens is 3. The Balaban J connectivity index is 1.55. The molecule has 1 saturated carbocycles. The van der Waals surface area contributed by atoms with Crippen molar-refractivity contribution in [2.24, 2.45) is 11.8 Å². The van der Waals surface area contributed by atoms with Crippen LogP contribution in [0.1, 0.15) is 30.7 Å². The Labute approximate surface area is 176 Å². The van der Waals surface area contributed by atoms with E-state index in [0.717, 1.165) is 23.6 Å². The van der Waals surface area contributed by atoms with Crippen LogP contribution in [0.15, 0.2) is 28.8 Å². The van der Waals surface area contributed by atoms with Gasteiger partial charge in [0.2, 0.25) is 11.8 Å². The molecule has 2 aromatic heterocycles. The number of fused-ring (bicyclic) bond motifs is 2. The van der Waals surface area contributed by atoms with Crippen LogP contribution in [0.25, 0.3) is 22.2 Å². The molecule has 2 N–H and O–H groups in total. The lowest BCUT2D eigenvalue weighted by molar-refractivity contribution is -0.177. The third-order valence-corrected chi connectivity index (χ3v) is 5.97. The second-order valence-corrected chi connectivity index (χ2v) is 8.16. The number of rotatable bonds is 4. The molecule has 0 bridgehead atoms. The van der Waals surface area contributed by atoms with Gasteiger partial charge in [0.25, 0.3) is 0 Å². The number of aromatic nitrogens is 2. The first-order valence-electron chi connectivity index (χ1n) is 10.3. The van der Waals surface area contributed by atoms with E-state index in [1.54, 1.807) is 13.2 Å². The van der Waals surface area contributed by atoms with E-state index >= 15 is 0 Å². The normalized spacial score (nSPS) is 18.6. The Morgan fingerprint density at radius 3 is 2.71 bits per heavy atom. The molecule has 162 valence electrons. The highest BCUT2D eigenvalue weighted by molar-refractivity contribution is 6.04. The zero-order valence-electron chi connectivity index (χ0n) is 16.8. The average Bonchev–Trinajstić information content (AvgIpc) is 3.51. The number of benzene rings is 1. The van der Waals surface area contributed by atoms with Gasteiger partial charge in [-0.15, -0.1) is 0 Å². The number of carbonyl (C=O) groups excluding carboxylic acids is 1. The predicted octanol–water partition coefficient (Wildman–Crippen LogP) is 4.95. The SMILES string of the molecule is CNc1ncc(-c2nc3c(o2)CCC(C(F)(F)F)C3)c2cc(NC(=O)C3CC3)ccc12. The summed E-state index contributed by atoms with van der Waals surface area (Å²) >= 11 is 0. The van der Waals surface area contributed by atoms with Gasteiger partial charge in [-0.05, 0) is 37.5 Å². The fraction of sp³-hybridized carbons (Fsp3) is 0.409. The quantitative estimate of drug-likeness (QED) is 0.612. The van der Waals surface area contributed by atoms with Gasteiger partial charge in [-0.25, -0.2) is 9.97 Å². The highest BCUT2D eigenvalue weighted by atomic mass is 19.4. The maximum absolute atomic E-state index is 13.2. The summed E-state index contributed by atoms with van der Waals surface area (Å²) in [5.41, 5.74) is 1.58. The number of pyridine rings is 1. The van der Waals surface area contributed by atoms with Crippen molar-refractivity contribution in [3.05, 3.63) is 35.9 Å². The summed E-state index contributed by atoms with van der Waals surface area (Å²) in [5, 5.41) is 7.51. The Bertz CT molecular complexity index is 1170. The Hall–Kier alpha value is -3.10. The van der Waals surface area contributed by atoms with Gasteiger partial charge in [-0.1, -0.05) is 0 Å². The second kappa shape index (κ2) is 7.25. The summed E-state index contributed by atoms with van der Waals surface area (Å²) < 4.78 is 45.3. The zero-order valence-corrected chi connectivity index (χ0v) is 16.8. The molecule has 1 amide bonds. The molecule has 1 fully saturated rings. The molecule has 6 nitrogen and oxygen atoms in total. The van der Waals surface area contributed by atoms with Crippen LogP contribution in [-0.4, -0.2) is 29.1 Å². The fourth-order valence-electron chi connectivity index (χ4n) is 4.05. The molecule has 0 radical (unpaired) electrons. The predicted molar refractivity (Wildman–Crippen MR) is 110 cm³/mol. The van der Waals surface area contributed by atoms with Crippen LogP contribution < -0.4 is 10.6 Å². The number of carbonyl (C=O) groups is 1. The van der Waals surface area contributed by atoms with Crippen LogP contribution in [0.3, 0.4) is 0 Å². The second-order valence-electron chi connectivity index (χ2n) is 8.16. The number of nitrogens with zero attached hydrogens (tertiary/aromatic N) is 2. The lowest BCUT2D eigenvalue weighted by Gasteiger charge is -2.22. The molecule has 1 aromatic carbocycles. The molecule has 1 atom stereocenters. The van der Waals surface area contributed by atoms with E-state index in [4.69, 9.17) is 4.42 Å². The van der Waals surface area contributed by atoms with Gasteiger partial charge in [-0.3, -0.25) is 4.79 Å². The summed E-state index contributed by atoms with van der Waals surface area (Å²) in [6, 6.07) is 5.49. The van der Waals surface area contributed by atoms with Crippen molar-refractivity contribution in [1.29, 1.82) is 0 Å². The highest BCUT2D eigenvalue weighted by Gasteiger charge is 2.42. The van der Waals surface area contributed by atoms with Crippen molar-refractivity contribution < 1.29 is 22.4 Å². The summed E-state index contributed by atoms with van der Waals surface area (Å²) in [6.07, 6.45) is -0.813. The Kier molecular flexibility index (Phi) is 4.64. The minimum atomic E-state index is -4.24. The van der Waals surface area contributed by atoms with E-state index in [1.807, 2.05) is 18.2 Å². The van der Waals surface area contributed by atoms with E-state index in [2.05, 4.69) is 20.6 Å². The molecule has 0 spiro atoms. The molecule has 0 saturated heterocycles. The topological polar surface area (TPSA) is 80.1 Å². The molecule has 5 rings (SSSR count). The number of hydrogen-bond acceptors (Lipinski definition) is 5. The van der Waals surface area contributed by atoms with Crippen molar-refractivity contribution in [3.63, 3.8) is 0 Å². The third kappa shape index (κ3) is 3.73. The molecule has 0 aliphatic heterocycles. The standard InChI is InChI=1S/C22H21F3N4O2/c1-26-19-14-6-5-13(28-20(30)11-2-3-11)9-15(14)16(10-27-19)21-29-17-8-12(22(23,24)25)4-7-18(17)31-21/h5-6,9-12H,2-4,7-8H2,1H3,(H,26,27)(H,28,30). The molecule has 2 heterocycles. The molecule has 31 heavy (non-hydrogen) atoms. The van der Waals surface area contributed by atoms with Gasteiger partial charge in [0.15, 0.2) is 0 Å². The number of amides is 1. The van der Waals surface area contributed by atoms with E-state index in [-0.39, 0.29) is 37.0 Å². The van der Waals surface area contributed by atoms with Gasteiger partial charge in [0.05, 0.1) is 17.2 Å². The first-order chi connectivity index (χ1) is 14.8. The van der Waals surface area contributed by atoms with Gasteiger partial charge < -0.3 is 15.1 Å². The summed E-state index contributed by atoms with van der Waals surface area (Å²) in [4.78, 5) is 21.0. The first-order valence-corrected chi connectivity index (χ1v) is 10.3. The van der Waals surface area contributed by atoms with Crippen molar-refractivity contribution in [3.8, 4) is 11.5 Å². The van der Waals surface area contributed by atoms with E-state index in [1.165, 1.54) is 0 Å². The van der Waals surface area contributed by atoms with Crippen LogP contribution in [0.2, 0.25) is 0 Å². The van der Waals surface area contributed by atoms with E-state index < -0.39 is 12.1 Å².